The molecule has 1 atom stereocenters. The van der Waals surface area contributed by atoms with Crippen LogP contribution in [0, 0.1) is 13.8 Å². The first-order valence-corrected chi connectivity index (χ1v) is 10.1. The zero-order valence-corrected chi connectivity index (χ0v) is 18.8. The molecule has 2 heterocycles. The lowest BCUT2D eigenvalue weighted by molar-refractivity contribution is 0.151. The van der Waals surface area contributed by atoms with Gasteiger partial charge in [0.05, 0.1) is 23.7 Å². The fourth-order valence-corrected chi connectivity index (χ4v) is 3.17. The summed E-state index contributed by atoms with van der Waals surface area (Å²) >= 11 is 0. The van der Waals surface area contributed by atoms with E-state index in [1.807, 2.05) is 45.0 Å². The van der Waals surface area contributed by atoms with Gasteiger partial charge in [0, 0.05) is 13.7 Å². The summed E-state index contributed by atoms with van der Waals surface area (Å²) in [6.07, 6.45) is 0.332. The summed E-state index contributed by atoms with van der Waals surface area (Å²) in [5.41, 5.74) is 8.84. The zero-order chi connectivity index (χ0) is 23.1. The SMILES string of the molecule is CO.Cc1cc2nc(-c3nc(CN(C)C)no3)c(=O)n(CCC(O)CCN)c2cc1C. The number of benzene rings is 1. The standard InChI is InChI=1S/C20H28N6O3.CH4O/c1-12-9-15-16(10-13(12)2)26(8-6-14(27)5-7-21)20(28)18(22-15)19-23-17(24-29-19)11-25(3)4;1-2/h9-10,14,27H,5-8,11,21H2,1-4H3;2H,1H3. The highest BCUT2D eigenvalue weighted by Crippen LogP contribution is 2.21. The number of rotatable bonds is 8. The summed E-state index contributed by atoms with van der Waals surface area (Å²) in [6, 6.07) is 3.89. The first-order valence-electron chi connectivity index (χ1n) is 10.1. The summed E-state index contributed by atoms with van der Waals surface area (Å²) in [4.78, 5) is 24.0. The predicted octanol–water partition coefficient (Wildman–Crippen LogP) is 0.833. The van der Waals surface area contributed by atoms with Gasteiger partial charge in [0.25, 0.3) is 11.4 Å². The van der Waals surface area contributed by atoms with E-state index in [-0.39, 0.29) is 17.1 Å². The Labute approximate surface area is 181 Å². The molecule has 10 nitrogen and oxygen atoms in total. The molecular weight excluding hydrogens is 400 g/mol. The molecule has 0 aliphatic heterocycles. The van der Waals surface area contributed by atoms with Crippen molar-refractivity contribution in [3.8, 4) is 11.6 Å². The Balaban J connectivity index is 0.00000166. The van der Waals surface area contributed by atoms with Crippen LogP contribution in [0.3, 0.4) is 0 Å². The Kier molecular flexibility index (Phi) is 8.81. The van der Waals surface area contributed by atoms with Crippen LogP contribution in [0.2, 0.25) is 0 Å². The van der Waals surface area contributed by atoms with E-state index in [1.54, 1.807) is 4.57 Å². The smallest absolute Gasteiger partial charge is 0.282 e. The fraction of sp³-hybridized carbons (Fsp3) is 0.524. The maximum Gasteiger partial charge on any atom is 0.282 e. The number of aromatic nitrogens is 4. The van der Waals surface area contributed by atoms with Crippen molar-refractivity contribution in [2.24, 2.45) is 5.73 Å². The van der Waals surface area contributed by atoms with E-state index < -0.39 is 6.10 Å². The van der Waals surface area contributed by atoms with Crippen LogP contribution in [0.25, 0.3) is 22.6 Å². The van der Waals surface area contributed by atoms with Gasteiger partial charge in [-0.1, -0.05) is 5.16 Å². The van der Waals surface area contributed by atoms with Gasteiger partial charge in [-0.25, -0.2) is 4.98 Å². The molecule has 4 N–H and O–H groups in total. The second kappa shape index (κ2) is 11.1. The van der Waals surface area contributed by atoms with Crippen molar-refractivity contribution in [1.82, 2.24) is 24.6 Å². The minimum Gasteiger partial charge on any atom is -0.400 e. The number of nitrogens with two attached hydrogens (primary N) is 1. The van der Waals surface area contributed by atoms with Crippen LogP contribution < -0.4 is 11.3 Å². The molecule has 0 bridgehead atoms. The van der Waals surface area contributed by atoms with E-state index >= 15 is 0 Å². The lowest BCUT2D eigenvalue weighted by Gasteiger charge is -2.15. The van der Waals surface area contributed by atoms with Crippen molar-refractivity contribution in [2.45, 2.75) is 45.9 Å². The number of fused-ring (bicyclic) bond motifs is 1. The highest BCUT2D eigenvalue weighted by atomic mass is 16.5. The molecule has 0 saturated carbocycles. The summed E-state index contributed by atoms with van der Waals surface area (Å²) in [7, 11) is 4.80. The second-order valence-electron chi connectivity index (χ2n) is 7.62. The van der Waals surface area contributed by atoms with Crippen molar-refractivity contribution in [3.63, 3.8) is 0 Å². The molecule has 0 amide bonds. The predicted molar refractivity (Wildman–Crippen MR) is 119 cm³/mol. The molecule has 0 radical (unpaired) electrons. The molecule has 0 spiro atoms. The van der Waals surface area contributed by atoms with E-state index in [2.05, 4.69) is 15.1 Å². The van der Waals surface area contributed by atoms with Gasteiger partial charge in [-0.15, -0.1) is 0 Å². The Morgan fingerprint density at radius 3 is 2.48 bits per heavy atom. The van der Waals surface area contributed by atoms with Gasteiger partial charge in [-0.05, 0) is 70.6 Å². The summed E-state index contributed by atoms with van der Waals surface area (Å²) in [6.45, 7) is 5.22. The van der Waals surface area contributed by atoms with Gasteiger partial charge < -0.3 is 29.9 Å². The molecule has 3 aromatic rings. The second-order valence-corrected chi connectivity index (χ2v) is 7.62. The Morgan fingerprint density at radius 2 is 1.84 bits per heavy atom. The van der Waals surface area contributed by atoms with E-state index in [1.165, 1.54) is 0 Å². The Hall–Kier alpha value is -2.66. The molecule has 0 fully saturated rings. The van der Waals surface area contributed by atoms with Crippen molar-refractivity contribution in [3.05, 3.63) is 39.4 Å². The average Bonchev–Trinajstić information content (AvgIpc) is 3.17. The first kappa shape index (κ1) is 24.6. The van der Waals surface area contributed by atoms with E-state index in [0.29, 0.717) is 43.8 Å². The fourth-order valence-electron chi connectivity index (χ4n) is 3.17. The quantitative estimate of drug-likeness (QED) is 0.471. The first-order chi connectivity index (χ1) is 14.8. The largest absolute Gasteiger partial charge is 0.400 e. The third kappa shape index (κ3) is 5.95. The lowest BCUT2D eigenvalue weighted by atomic mass is 10.1. The highest BCUT2D eigenvalue weighted by molar-refractivity contribution is 5.78. The maximum atomic E-state index is 13.2. The van der Waals surface area contributed by atoms with E-state index in [9.17, 15) is 9.90 Å². The average molecular weight is 433 g/mol. The van der Waals surface area contributed by atoms with Crippen molar-refractivity contribution >= 4 is 11.0 Å². The van der Waals surface area contributed by atoms with Gasteiger partial charge in [0.15, 0.2) is 11.5 Å². The topological polar surface area (TPSA) is 144 Å². The molecule has 1 aromatic carbocycles. The molecule has 170 valence electrons. The van der Waals surface area contributed by atoms with Crippen molar-refractivity contribution < 1.29 is 14.7 Å². The molecule has 3 rings (SSSR count). The lowest BCUT2D eigenvalue weighted by Crippen LogP contribution is -2.26. The Morgan fingerprint density at radius 1 is 1.16 bits per heavy atom. The van der Waals surface area contributed by atoms with Crippen LogP contribution in [-0.4, -0.2) is 68.7 Å². The maximum absolute atomic E-state index is 13.2. The van der Waals surface area contributed by atoms with Gasteiger partial charge in [-0.2, -0.15) is 4.98 Å². The molecule has 1 unspecified atom stereocenters. The van der Waals surface area contributed by atoms with Gasteiger partial charge >= 0.3 is 0 Å². The summed E-state index contributed by atoms with van der Waals surface area (Å²) < 4.78 is 6.95. The highest BCUT2D eigenvalue weighted by Gasteiger charge is 2.20. The summed E-state index contributed by atoms with van der Waals surface area (Å²) in [5.74, 6) is 0.583. The monoisotopic (exact) mass is 432 g/mol. The number of hydrogen-bond acceptors (Lipinski definition) is 9. The van der Waals surface area contributed by atoms with Crippen molar-refractivity contribution in [2.75, 3.05) is 27.7 Å². The molecule has 0 aliphatic rings. The van der Waals surface area contributed by atoms with Crippen molar-refractivity contribution in [1.29, 1.82) is 0 Å². The number of nitrogens with zero attached hydrogens (tertiary/aromatic N) is 5. The van der Waals surface area contributed by atoms with Gasteiger partial charge in [-0.3, -0.25) is 4.79 Å². The third-order valence-corrected chi connectivity index (χ3v) is 4.88. The number of aliphatic hydroxyl groups excluding tert-OH is 2. The van der Waals surface area contributed by atoms with Crippen LogP contribution in [0.15, 0.2) is 21.5 Å². The minimum atomic E-state index is -0.569. The third-order valence-electron chi connectivity index (χ3n) is 4.88. The van der Waals surface area contributed by atoms with Gasteiger partial charge in [0.2, 0.25) is 0 Å². The molecular formula is C21H32N6O4. The zero-order valence-electron chi connectivity index (χ0n) is 18.8. The molecule has 0 saturated heterocycles. The van der Waals surface area contributed by atoms with E-state index in [0.717, 1.165) is 23.8 Å². The summed E-state index contributed by atoms with van der Waals surface area (Å²) in [5, 5.41) is 21.0. The van der Waals surface area contributed by atoms with Crippen LogP contribution in [-0.2, 0) is 13.1 Å². The minimum absolute atomic E-state index is 0.100. The number of aliphatic hydroxyl groups is 2. The number of hydrogen-bond donors (Lipinski definition) is 3. The van der Waals surface area contributed by atoms with Crippen LogP contribution in [0.1, 0.15) is 29.8 Å². The molecule has 31 heavy (non-hydrogen) atoms. The normalized spacial score (nSPS) is 12.2. The Bertz CT molecular complexity index is 1060. The van der Waals surface area contributed by atoms with Crippen LogP contribution in [0.4, 0.5) is 0 Å². The van der Waals surface area contributed by atoms with Gasteiger partial charge in [0.1, 0.15) is 0 Å². The molecule has 10 heteroatoms. The van der Waals surface area contributed by atoms with E-state index in [4.69, 9.17) is 15.4 Å². The number of aryl methyl sites for hydroxylation is 3. The van der Waals surface area contributed by atoms with Crippen LogP contribution in [0.5, 0.6) is 0 Å². The molecule has 0 aliphatic carbocycles. The van der Waals surface area contributed by atoms with Crippen LogP contribution >= 0.6 is 0 Å². The molecule has 2 aromatic heterocycles.